The second-order valence-electron chi connectivity index (χ2n) is 4.06. The van der Waals surface area contributed by atoms with Crippen molar-refractivity contribution >= 4 is 41.3 Å². The monoisotopic (exact) mass is 283 g/mol. The lowest BCUT2D eigenvalue weighted by Gasteiger charge is -2.25. The first kappa shape index (κ1) is 16.0. The zero-order valence-electron chi connectivity index (χ0n) is 9.31. The van der Waals surface area contributed by atoms with Gasteiger partial charge >= 0.3 is 0 Å². The molecule has 94 valence electrons. The summed E-state index contributed by atoms with van der Waals surface area (Å²) in [6.07, 6.45) is 4.71. The largest absolute Gasteiger partial charge is 0.375 e. The number of halogens is 2. The maximum Gasteiger partial charge on any atom is 0.180 e. The molecule has 6 heteroatoms. The van der Waals surface area contributed by atoms with Crippen LogP contribution in [0.3, 0.4) is 0 Å². The normalized spacial score (nSPS) is 22.9. The van der Waals surface area contributed by atoms with Crippen molar-refractivity contribution in [2.24, 2.45) is 11.7 Å². The summed E-state index contributed by atoms with van der Waals surface area (Å²) >= 11 is 1.61. The first-order valence-electron chi connectivity index (χ1n) is 5.21. The highest BCUT2D eigenvalue weighted by atomic mass is 35.5. The summed E-state index contributed by atoms with van der Waals surface area (Å²) in [6.45, 7) is 2.22. The van der Waals surface area contributed by atoms with E-state index < -0.39 is 0 Å². The first-order valence-corrected chi connectivity index (χ1v) is 6.03. The summed E-state index contributed by atoms with van der Waals surface area (Å²) in [6, 6.07) is 0.115. The third-order valence-corrected chi connectivity index (χ3v) is 3.78. The number of anilines is 1. The van der Waals surface area contributed by atoms with Crippen molar-refractivity contribution in [1.29, 1.82) is 0 Å². The molecule has 3 nitrogen and oxygen atoms in total. The second-order valence-corrected chi connectivity index (χ2v) is 5.18. The van der Waals surface area contributed by atoms with Gasteiger partial charge in [0.05, 0.1) is 5.69 Å². The lowest BCUT2D eigenvalue weighted by Crippen LogP contribution is -2.23. The molecule has 1 aliphatic rings. The fourth-order valence-corrected chi connectivity index (χ4v) is 3.28. The van der Waals surface area contributed by atoms with Crippen molar-refractivity contribution in [3.05, 3.63) is 10.6 Å². The number of hydrogen-bond donors (Lipinski definition) is 2. The Balaban J connectivity index is 0.00000112. The molecule has 0 amide bonds. The van der Waals surface area contributed by atoms with E-state index >= 15 is 0 Å². The van der Waals surface area contributed by atoms with E-state index in [-0.39, 0.29) is 30.9 Å². The molecule has 1 aromatic rings. The quantitative estimate of drug-likeness (QED) is 0.877. The number of nitrogens with zero attached hydrogens (tertiary/aromatic N) is 1. The van der Waals surface area contributed by atoms with Crippen LogP contribution in [0.1, 0.15) is 42.8 Å². The number of nitrogens with two attached hydrogens (primary N) is 2. The molecule has 1 heterocycles. The van der Waals surface area contributed by atoms with Gasteiger partial charge in [-0.3, -0.25) is 0 Å². The van der Waals surface area contributed by atoms with Crippen molar-refractivity contribution in [2.45, 2.75) is 38.6 Å². The number of aromatic nitrogens is 1. The van der Waals surface area contributed by atoms with Crippen molar-refractivity contribution in [2.75, 3.05) is 5.73 Å². The summed E-state index contributed by atoms with van der Waals surface area (Å²) in [5, 5.41) is 0.669. The number of fused-ring (bicyclic) bond motifs is 1. The third-order valence-electron chi connectivity index (χ3n) is 2.85. The van der Waals surface area contributed by atoms with Crippen molar-refractivity contribution in [1.82, 2.24) is 4.98 Å². The zero-order valence-corrected chi connectivity index (χ0v) is 11.8. The maximum absolute atomic E-state index is 6.07. The fourth-order valence-electron chi connectivity index (χ4n) is 2.26. The Labute approximate surface area is 113 Å². The van der Waals surface area contributed by atoms with Crippen LogP contribution in [0.2, 0.25) is 0 Å². The van der Waals surface area contributed by atoms with E-state index in [1.807, 2.05) is 0 Å². The van der Waals surface area contributed by atoms with E-state index in [2.05, 4.69) is 11.9 Å². The van der Waals surface area contributed by atoms with Crippen LogP contribution in [-0.4, -0.2) is 4.98 Å². The van der Waals surface area contributed by atoms with Gasteiger partial charge < -0.3 is 11.5 Å². The van der Waals surface area contributed by atoms with Gasteiger partial charge in [-0.2, -0.15) is 0 Å². The molecule has 2 rings (SSSR count). The Morgan fingerprint density at radius 1 is 1.44 bits per heavy atom. The van der Waals surface area contributed by atoms with Crippen LogP contribution in [0.25, 0.3) is 0 Å². The lowest BCUT2D eigenvalue weighted by molar-refractivity contribution is 0.380. The third kappa shape index (κ3) is 3.23. The van der Waals surface area contributed by atoms with Crippen molar-refractivity contribution in [3.63, 3.8) is 0 Å². The van der Waals surface area contributed by atoms with Gasteiger partial charge in [-0.25, -0.2) is 4.98 Å². The molecule has 1 aliphatic carbocycles. The Morgan fingerprint density at radius 3 is 2.75 bits per heavy atom. The zero-order chi connectivity index (χ0) is 10.1. The summed E-state index contributed by atoms with van der Waals surface area (Å²) in [7, 11) is 0. The molecular weight excluding hydrogens is 265 g/mol. The summed E-state index contributed by atoms with van der Waals surface area (Å²) < 4.78 is 0. The highest BCUT2D eigenvalue weighted by Crippen LogP contribution is 2.37. The predicted octanol–water partition coefficient (Wildman–Crippen LogP) is 2.93. The van der Waals surface area contributed by atoms with Crippen LogP contribution in [0, 0.1) is 5.92 Å². The molecule has 2 unspecified atom stereocenters. The van der Waals surface area contributed by atoms with Gasteiger partial charge in [0, 0.05) is 10.9 Å². The van der Waals surface area contributed by atoms with Gasteiger partial charge in [0.25, 0.3) is 0 Å². The minimum absolute atomic E-state index is 0. The highest BCUT2D eigenvalue weighted by Gasteiger charge is 2.27. The number of hydrogen-bond acceptors (Lipinski definition) is 4. The molecule has 2 atom stereocenters. The van der Waals surface area contributed by atoms with Gasteiger partial charge in [-0.15, -0.1) is 36.2 Å². The van der Waals surface area contributed by atoms with Gasteiger partial charge in [0.2, 0.25) is 0 Å². The van der Waals surface area contributed by atoms with Gasteiger partial charge in [0.1, 0.15) is 0 Å². The summed E-state index contributed by atoms with van der Waals surface area (Å²) in [5.41, 5.74) is 12.8. The Kier molecular flexibility index (Phi) is 6.63. The molecule has 0 bridgehead atoms. The molecule has 0 saturated carbocycles. The SMILES string of the molecule is CCCC1Cc2sc(N)nc2C(N)C1.Cl.Cl. The number of rotatable bonds is 2. The minimum Gasteiger partial charge on any atom is -0.375 e. The summed E-state index contributed by atoms with van der Waals surface area (Å²) in [4.78, 5) is 5.62. The smallest absolute Gasteiger partial charge is 0.180 e. The average Bonchev–Trinajstić information content (AvgIpc) is 2.47. The predicted molar refractivity (Wildman–Crippen MR) is 74.7 cm³/mol. The van der Waals surface area contributed by atoms with Crippen molar-refractivity contribution < 1.29 is 0 Å². The molecule has 4 N–H and O–H groups in total. The standard InChI is InChI=1S/C10H17N3S.2ClH/c1-2-3-6-4-7(11)9-8(5-6)14-10(12)13-9;;/h6-7H,2-5,11H2,1H3,(H2,12,13);2*1H. The molecule has 0 aromatic carbocycles. The maximum atomic E-state index is 6.07. The molecule has 0 radical (unpaired) electrons. The summed E-state index contributed by atoms with van der Waals surface area (Å²) in [5.74, 6) is 0.738. The topological polar surface area (TPSA) is 64.9 Å². The first-order chi connectivity index (χ1) is 6.70. The van der Waals surface area contributed by atoms with Gasteiger partial charge in [0.15, 0.2) is 5.13 Å². The molecule has 1 aromatic heterocycles. The molecule has 0 spiro atoms. The minimum atomic E-state index is 0. The Bertz CT molecular complexity index is 330. The van der Waals surface area contributed by atoms with Crippen LogP contribution >= 0.6 is 36.2 Å². The second kappa shape index (κ2) is 6.64. The van der Waals surface area contributed by atoms with Gasteiger partial charge in [-0.1, -0.05) is 19.8 Å². The van der Waals surface area contributed by atoms with E-state index in [4.69, 9.17) is 11.5 Å². The van der Waals surface area contributed by atoms with E-state index in [0.29, 0.717) is 5.13 Å². The van der Waals surface area contributed by atoms with E-state index in [9.17, 15) is 0 Å². The number of thiazole rings is 1. The van der Waals surface area contributed by atoms with E-state index in [1.54, 1.807) is 11.3 Å². The molecular formula is C10H19Cl2N3S. The van der Waals surface area contributed by atoms with Crippen LogP contribution < -0.4 is 11.5 Å². The Hall–Kier alpha value is -0.0300. The van der Waals surface area contributed by atoms with Crippen molar-refractivity contribution in [3.8, 4) is 0 Å². The highest BCUT2D eigenvalue weighted by molar-refractivity contribution is 7.15. The molecule has 0 fully saturated rings. The van der Waals surface area contributed by atoms with Crippen LogP contribution in [0.4, 0.5) is 5.13 Å². The van der Waals surface area contributed by atoms with E-state index in [1.165, 1.54) is 17.7 Å². The molecule has 0 saturated heterocycles. The van der Waals surface area contributed by atoms with Crippen LogP contribution in [0.5, 0.6) is 0 Å². The van der Waals surface area contributed by atoms with Crippen LogP contribution in [-0.2, 0) is 6.42 Å². The van der Waals surface area contributed by atoms with Crippen LogP contribution in [0.15, 0.2) is 0 Å². The molecule has 0 aliphatic heterocycles. The fraction of sp³-hybridized carbons (Fsp3) is 0.700. The Morgan fingerprint density at radius 2 is 2.12 bits per heavy atom. The van der Waals surface area contributed by atoms with E-state index in [0.717, 1.165) is 24.5 Å². The number of nitrogen functional groups attached to an aromatic ring is 1. The lowest BCUT2D eigenvalue weighted by atomic mass is 9.85. The van der Waals surface area contributed by atoms with Gasteiger partial charge in [-0.05, 0) is 18.8 Å². The average molecular weight is 284 g/mol. The molecule has 16 heavy (non-hydrogen) atoms.